The molecule has 0 aliphatic heterocycles. The smallest absolute Gasteiger partial charge is 0.379 e. The highest BCUT2D eigenvalue weighted by Gasteiger charge is 2.16. The van der Waals surface area contributed by atoms with Gasteiger partial charge in [-0.3, -0.25) is 0 Å². The van der Waals surface area contributed by atoms with Crippen LogP contribution in [0.3, 0.4) is 0 Å². The summed E-state index contributed by atoms with van der Waals surface area (Å²) in [5, 5.41) is 2.65. The highest BCUT2D eigenvalue weighted by atomic mass is 35.5. The molecular weight excluding hydrogens is 336 g/mol. The number of benzene rings is 3. The minimum absolute atomic E-state index is 0.128. The van der Waals surface area contributed by atoms with Crippen LogP contribution in [-0.2, 0) is 0 Å². The van der Waals surface area contributed by atoms with Gasteiger partial charge in [-0.2, -0.15) is 0 Å². The lowest BCUT2D eigenvalue weighted by Gasteiger charge is -2.04. The maximum atomic E-state index is 12.3. The van der Waals surface area contributed by atoms with Gasteiger partial charge in [0.2, 0.25) is 5.76 Å². The zero-order valence-corrected chi connectivity index (χ0v) is 13.9. The molecule has 0 saturated carbocycles. The average molecular weight is 349 g/mol. The van der Waals surface area contributed by atoms with Crippen molar-refractivity contribution in [2.24, 2.45) is 0 Å². The summed E-state index contributed by atoms with van der Waals surface area (Å²) >= 11 is 6.16. The van der Waals surface area contributed by atoms with Crippen molar-refractivity contribution in [3.05, 3.63) is 89.6 Å². The second kappa shape index (κ2) is 6.46. The number of fused-ring (bicyclic) bond motifs is 1. The molecule has 0 N–H and O–H groups in total. The summed E-state index contributed by atoms with van der Waals surface area (Å²) in [6, 6.07) is 24.0. The Labute approximate surface area is 149 Å². The van der Waals surface area contributed by atoms with Gasteiger partial charge < -0.3 is 9.15 Å². The average Bonchev–Trinajstić information content (AvgIpc) is 3.12. The Bertz CT molecular complexity index is 1070. The molecule has 0 fully saturated rings. The molecule has 0 saturated heterocycles. The van der Waals surface area contributed by atoms with Crippen molar-refractivity contribution in [1.82, 2.24) is 0 Å². The predicted molar refractivity (Wildman–Crippen MR) is 98.1 cm³/mol. The van der Waals surface area contributed by atoms with Crippen molar-refractivity contribution in [3.63, 3.8) is 0 Å². The second-order valence-corrected chi connectivity index (χ2v) is 5.95. The van der Waals surface area contributed by atoms with Gasteiger partial charge >= 0.3 is 5.97 Å². The highest BCUT2D eigenvalue weighted by molar-refractivity contribution is 6.33. The van der Waals surface area contributed by atoms with E-state index in [2.05, 4.69) is 0 Å². The molecule has 122 valence electrons. The lowest BCUT2D eigenvalue weighted by atomic mass is 10.1. The van der Waals surface area contributed by atoms with Crippen molar-refractivity contribution in [3.8, 4) is 17.1 Å². The van der Waals surface area contributed by atoms with Crippen molar-refractivity contribution in [1.29, 1.82) is 0 Å². The quantitative estimate of drug-likeness (QED) is 0.338. The van der Waals surface area contributed by atoms with E-state index in [1.807, 2.05) is 54.6 Å². The van der Waals surface area contributed by atoms with Crippen LogP contribution in [0.15, 0.2) is 83.3 Å². The lowest BCUT2D eigenvalue weighted by Crippen LogP contribution is -2.07. The Balaban J connectivity index is 1.58. The number of esters is 1. The Morgan fingerprint density at radius 1 is 0.840 bits per heavy atom. The fraction of sp³-hybridized carbons (Fsp3) is 0. The molecule has 0 aliphatic carbocycles. The van der Waals surface area contributed by atoms with E-state index in [4.69, 9.17) is 20.8 Å². The zero-order valence-electron chi connectivity index (χ0n) is 13.1. The zero-order chi connectivity index (χ0) is 17.2. The molecule has 1 heterocycles. The van der Waals surface area contributed by atoms with Gasteiger partial charge in [0, 0.05) is 5.56 Å². The van der Waals surface area contributed by atoms with Crippen LogP contribution in [0.4, 0.5) is 0 Å². The van der Waals surface area contributed by atoms with Crippen LogP contribution in [-0.4, -0.2) is 5.97 Å². The van der Waals surface area contributed by atoms with Crippen molar-refractivity contribution in [2.45, 2.75) is 0 Å². The van der Waals surface area contributed by atoms with E-state index in [9.17, 15) is 4.79 Å². The number of carbonyl (C=O) groups excluding carboxylic acids is 1. The Hall–Kier alpha value is -3.04. The lowest BCUT2D eigenvalue weighted by molar-refractivity contribution is 0.0702. The Kier molecular flexibility index (Phi) is 4.00. The van der Waals surface area contributed by atoms with E-state index in [-0.39, 0.29) is 5.76 Å². The number of furan rings is 1. The first-order valence-electron chi connectivity index (χ1n) is 7.76. The molecule has 0 amide bonds. The fourth-order valence-corrected chi connectivity index (χ4v) is 2.87. The summed E-state index contributed by atoms with van der Waals surface area (Å²) < 4.78 is 11.0. The third kappa shape index (κ3) is 3.14. The molecule has 4 aromatic rings. The first kappa shape index (κ1) is 15.5. The minimum Gasteiger partial charge on any atom is -0.449 e. The van der Waals surface area contributed by atoms with Gasteiger partial charge in [-0.25, -0.2) is 4.79 Å². The summed E-state index contributed by atoms with van der Waals surface area (Å²) in [4.78, 5) is 12.3. The largest absolute Gasteiger partial charge is 0.449 e. The maximum absolute atomic E-state index is 12.3. The summed E-state index contributed by atoms with van der Waals surface area (Å²) in [5.41, 5.74) is 0.730. The summed E-state index contributed by atoms with van der Waals surface area (Å²) in [5.74, 6) is 0.576. The van der Waals surface area contributed by atoms with Crippen LogP contribution < -0.4 is 4.74 Å². The molecule has 4 rings (SSSR count). The summed E-state index contributed by atoms with van der Waals surface area (Å²) in [6.45, 7) is 0. The van der Waals surface area contributed by atoms with Crippen molar-refractivity contribution < 1.29 is 13.9 Å². The SMILES string of the molecule is O=C(Oc1ccc2ccccc2c1)c1ccc(-c2ccccc2Cl)o1. The van der Waals surface area contributed by atoms with Crippen molar-refractivity contribution >= 4 is 28.3 Å². The third-order valence-corrected chi connectivity index (χ3v) is 4.21. The van der Waals surface area contributed by atoms with Crippen LogP contribution in [0.2, 0.25) is 5.02 Å². The van der Waals surface area contributed by atoms with Crippen LogP contribution in [0.5, 0.6) is 5.75 Å². The van der Waals surface area contributed by atoms with E-state index in [0.29, 0.717) is 16.5 Å². The van der Waals surface area contributed by atoms with E-state index in [1.165, 1.54) is 0 Å². The topological polar surface area (TPSA) is 39.4 Å². The highest BCUT2D eigenvalue weighted by Crippen LogP contribution is 2.29. The summed E-state index contributed by atoms with van der Waals surface area (Å²) in [6.07, 6.45) is 0. The Morgan fingerprint density at radius 2 is 1.60 bits per heavy atom. The maximum Gasteiger partial charge on any atom is 0.379 e. The number of rotatable bonds is 3. The van der Waals surface area contributed by atoms with E-state index in [0.717, 1.165) is 16.3 Å². The molecule has 4 heteroatoms. The van der Waals surface area contributed by atoms with Gasteiger partial charge in [0.1, 0.15) is 11.5 Å². The molecular formula is C21H13ClO3. The molecule has 0 spiro atoms. The third-order valence-electron chi connectivity index (χ3n) is 3.88. The molecule has 1 aromatic heterocycles. The van der Waals surface area contributed by atoms with Gasteiger partial charge in [0.25, 0.3) is 0 Å². The fourth-order valence-electron chi connectivity index (χ4n) is 2.64. The first-order chi connectivity index (χ1) is 12.2. The molecule has 0 aliphatic rings. The van der Waals surface area contributed by atoms with Gasteiger partial charge in [0.05, 0.1) is 5.02 Å². The number of carbonyl (C=O) groups is 1. The molecule has 0 bridgehead atoms. The van der Waals surface area contributed by atoms with Gasteiger partial charge in [-0.05, 0) is 47.2 Å². The number of halogens is 1. The first-order valence-corrected chi connectivity index (χ1v) is 8.14. The molecule has 0 atom stereocenters. The van der Waals surface area contributed by atoms with E-state index in [1.54, 1.807) is 24.3 Å². The van der Waals surface area contributed by atoms with Crippen molar-refractivity contribution in [2.75, 3.05) is 0 Å². The Morgan fingerprint density at radius 3 is 2.44 bits per heavy atom. The van der Waals surface area contributed by atoms with Crippen LogP contribution in [0, 0.1) is 0 Å². The summed E-state index contributed by atoms with van der Waals surface area (Å²) in [7, 11) is 0. The normalized spacial score (nSPS) is 10.8. The second-order valence-electron chi connectivity index (χ2n) is 5.54. The van der Waals surface area contributed by atoms with E-state index < -0.39 is 5.97 Å². The standard InChI is InChI=1S/C21H13ClO3/c22-18-8-4-3-7-17(18)19-11-12-20(25-19)21(23)24-16-10-9-14-5-1-2-6-15(14)13-16/h1-13H. The van der Waals surface area contributed by atoms with Gasteiger partial charge in [0.15, 0.2) is 0 Å². The number of hydrogen-bond donors (Lipinski definition) is 0. The molecule has 0 unspecified atom stereocenters. The molecule has 25 heavy (non-hydrogen) atoms. The van der Waals surface area contributed by atoms with E-state index >= 15 is 0 Å². The van der Waals surface area contributed by atoms with Gasteiger partial charge in [-0.15, -0.1) is 0 Å². The molecule has 3 aromatic carbocycles. The predicted octanol–water partition coefficient (Wildman–Crippen LogP) is 5.97. The number of ether oxygens (including phenoxy) is 1. The number of hydrogen-bond acceptors (Lipinski definition) is 3. The molecule has 0 radical (unpaired) electrons. The monoisotopic (exact) mass is 348 g/mol. The minimum atomic E-state index is -0.548. The van der Waals surface area contributed by atoms with Crippen LogP contribution in [0.1, 0.15) is 10.6 Å². The van der Waals surface area contributed by atoms with Crippen LogP contribution in [0.25, 0.3) is 22.1 Å². The molecule has 3 nitrogen and oxygen atoms in total. The van der Waals surface area contributed by atoms with Gasteiger partial charge in [-0.1, -0.05) is 54.1 Å². The van der Waals surface area contributed by atoms with Crippen LogP contribution >= 0.6 is 11.6 Å².